The standard InChI is InChI=1S/C18H17ClN2/c1-13(14-4-3-7-17(19)10-14)21-12-16-6-2-5-15-11-20-9-8-18(15)16/h2-11,13,21H,12H2,1H3/t13-/m1/s1. The summed E-state index contributed by atoms with van der Waals surface area (Å²) >= 11 is 6.05. The molecule has 3 aromatic rings. The predicted molar refractivity (Wildman–Crippen MR) is 88.4 cm³/mol. The first-order chi connectivity index (χ1) is 10.2. The van der Waals surface area contributed by atoms with Crippen LogP contribution < -0.4 is 5.32 Å². The van der Waals surface area contributed by atoms with Gasteiger partial charge in [0.1, 0.15) is 0 Å². The van der Waals surface area contributed by atoms with Crippen LogP contribution in [0.3, 0.4) is 0 Å². The van der Waals surface area contributed by atoms with Crippen LogP contribution in [0, 0.1) is 0 Å². The predicted octanol–water partition coefficient (Wildman–Crippen LogP) is 4.74. The zero-order valence-corrected chi connectivity index (χ0v) is 12.6. The molecule has 1 N–H and O–H groups in total. The second-order valence-corrected chi connectivity index (χ2v) is 5.61. The monoisotopic (exact) mass is 296 g/mol. The van der Waals surface area contributed by atoms with E-state index in [4.69, 9.17) is 11.6 Å². The van der Waals surface area contributed by atoms with E-state index in [1.54, 1.807) is 0 Å². The molecule has 106 valence electrons. The van der Waals surface area contributed by atoms with Crippen molar-refractivity contribution in [2.75, 3.05) is 0 Å². The molecule has 0 fully saturated rings. The number of hydrogen-bond donors (Lipinski definition) is 1. The summed E-state index contributed by atoms with van der Waals surface area (Å²) in [6.07, 6.45) is 3.74. The van der Waals surface area contributed by atoms with Crippen molar-refractivity contribution in [3.8, 4) is 0 Å². The highest BCUT2D eigenvalue weighted by atomic mass is 35.5. The minimum absolute atomic E-state index is 0.251. The number of nitrogens with zero attached hydrogens (tertiary/aromatic N) is 1. The van der Waals surface area contributed by atoms with E-state index in [-0.39, 0.29) is 6.04 Å². The topological polar surface area (TPSA) is 24.9 Å². The van der Waals surface area contributed by atoms with Gasteiger partial charge in [0.25, 0.3) is 0 Å². The van der Waals surface area contributed by atoms with E-state index in [0.29, 0.717) is 0 Å². The van der Waals surface area contributed by atoms with Crippen LogP contribution in [-0.2, 0) is 6.54 Å². The van der Waals surface area contributed by atoms with E-state index in [1.165, 1.54) is 21.9 Å². The molecule has 0 aliphatic heterocycles. The molecule has 2 aromatic carbocycles. The summed E-state index contributed by atoms with van der Waals surface area (Å²) in [5.41, 5.74) is 2.48. The number of nitrogens with one attached hydrogen (secondary N) is 1. The minimum Gasteiger partial charge on any atom is -0.306 e. The zero-order chi connectivity index (χ0) is 14.7. The third-order valence-corrected chi connectivity index (χ3v) is 3.95. The third-order valence-electron chi connectivity index (χ3n) is 3.72. The van der Waals surface area contributed by atoms with Gasteiger partial charge in [-0.1, -0.05) is 41.9 Å². The molecule has 0 saturated heterocycles. The maximum absolute atomic E-state index is 6.05. The van der Waals surface area contributed by atoms with Gasteiger partial charge >= 0.3 is 0 Å². The molecule has 1 heterocycles. The number of pyridine rings is 1. The first-order valence-corrected chi connectivity index (χ1v) is 7.42. The lowest BCUT2D eigenvalue weighted by Crippen LogP contribution is -2.18. The number of hydrogen-bond acceptors (Lipinski definition) is 2. The summed E-state index contributed by atoms with van der Waals surface area (Å²) < 4.78 is 0. The molecule has 0 unspecified atom stereocenters. The van der Waals surface area contributed by atoms with Gasteiger partial charge in [0.2, 0.25) is 0 Å². The van der Waals surface area contributed by atoms with E-state index in [9.17, 15) is 0 Å². The van der Waals surface area contributed by atoms with Gasteiger partial charge in [0.15, 0.2) is 0 Å². The molecule has 0 saturated carbocycles. The molecule has 0 bridgehead atoms. The lowest BCUT2D eigenvalue weighted by Gasteiger charge is -2.15. The molecular weight excluding hydrogens is 280 g/mol. The van der Waals surface area contributed by atoms with Crippen LogP contribution in [0.4, 0.5) is 0 Å². The first-order valence-electron chi connectivity index (χ1n) is 7.04. The molecule has 0 amide bonds. The Balaban J connectivity index is 1.77. The van der Waals surface area contributed by atoms with Gasteiger partial charge in [-0.2, -0.15) is 0 Å². The summed E-state index contributed by atoms with van der Waals surface area (Å²) in [5.74, 6) is 0. The Hall–Kier alpha value is -1.90. The van der Waals surface area contributed by atoms with Gasteiger partial charge in [-0.3, -0.25) is 4.98 Å². The largest absolute Gasteiger partial charge is 0.306 e. The average molecular weight is 297 g/mol. The summed E-state index contributed by atoms with van der Waals surface area (Å²) in [5, 5.41) is 6.75. The van der Waals surface area contributed by atoms with Gasteiger partial charge in [-0.15, -0.1) is 0 Å². The van der Waals surface area contributed by atoms with Crippen molar-refractivity contribution in [3.63, 3.8) is 0 Å². The smallest absolute Gasteiger partial charge is 0.0409 e. The normalized spacial score (nSPS) is 12.5. The Labute approximate surface area is 129 Å². The molecule has 0 radical (unpaired) electrons. The Morgan fingerprint density at radius 2 is 2.00 bits per heavy atom. The highest BCUT2D eigenvalue weighted by molar-refractivity contribution is 6.30. The van der Waals surface area contributed by atoms with Gasteiger partial charge in [0, 0.05) is 35.4 Å². The van der Waals surface area contributed by atoms with Crippen molar-refractivity contribution >= 4 is 22.4 Å². The van der Waals surface area contributed by atoms with Gasteiger partial charge in [-0.25, -0.2) is 0 Å². The average Bonchev–Trinajstić information content (AvgIpc) is 2.52. The molecular formula is C18H17ClN2. The molecule has 0 aliphatic carbocycles. The molecule has 3 heteroatoms. The number of halogens is 1. The maximum atomic E-state index is 6.05. The van der Waals surface area contributed by atoms with Gasteiger partial charge in [0.05, 0.1) is 0 Å². The molecule has 0 spiro atoms. The van der Waals surface area contributed by atoms with Crippen LogP contribution >= 0.6 is 11.6 Å². The Bertz CT molecular complexity index is 750. The summed E-state index contributed by atoms with van der Waals surface area (Å²) in [6, 6.07) is 16.6. The number of rotatable bonds is 4. The third kappa shape index (κ3) is 3.23. The molecule has 21 heavy (non-hydrogen) atoms. The maximum Gasteiger partial charge on any atom is 0.0409 e. The summed E-state index contributed by atoms with van der Waals surface area (Å²) in [4.78, 5) is 4.17. The van der Waals surface area contributed by atoms with Crippen LogP contribution in [0.15, 0.2) is 60.9 Å². The van der Waals surface area contributed by atoms with Crippen molar-refractivity contribution in [1.29, 1.82) is 0 Å². The number of fused-ring (bicyclic) bond motifs is 1. The molecule has 1 atom stereocenters. The Morgan fingerprint density at radius 3 is 2.86 bits per heavy atom. The van der Waals surface area contributed by atoms with E-state index >= 15 is 0 Å². The fraction of sp³-hybridized carbons (Fsp3) is 0.167. The SMILES string of the molecule is C[C@@H](NCc1cccc2cnccc12)c1cccc(Cl)c1. The van der Waals surface area contributed by atoms with Crippen molar-refractivity contribution in [1.82, 2.24) is 10.3 Å². The van der Waals surface area contributed by atoms with Crippen LogP contribution in [-0.4, -0.2) is 4.98 Å². The van der Waals surface area contributed by atoms with Crippen LogP contribution in [0.2, 0.25) is 5.02 Å². The Kier molecular flexibility index (Phi) is 4.18. The molecule has 1 aromatic heterocycles. The minimum atomic E-state index is 0.251. The van der Waals surface area contributed by atoms with Crippen LogP contribution in [0.1, 0.15) is 24.1 Å². The van der Waals surface area contributed by atoms with Crippen LogP contribution in [0.25, 0.3) is 10.8 Å². The first kappa shape index (κ1) is 14.1. The van der Waals surface area contributed by atoms with Gasteiger partial charge < -0.3 is 5.32 Å². The second kappa shape index (κ2) is 6.25. The quantitative estimate of drug-likeness (QED) is 0.752. The second-order valence-electron chi connectivity index (χ2n) is 5.17. The zero-order valence-electron chi connectivity index (χ0n) is 11.9. The number of benzene rings is 2. The van der Waals surface area contributed by atoms with Crippen molar-refractivity contribution < 1.29 is 0 Å². The highest BCUT2D eigenvalue weighted by Gasteiger charge is 2.06. The van der Waals surface area contributed by atoms with Crippen molar-refractivity contribution in [3.05, 3.63) is 77.1 Å². The lowest BCUT2D eigenvalue weighted by atomic mass is 10.1. The molecule has 0 aliphatic rings. The molecule has 2 nitrogen and oxygen atoms in total. The van der Waals surface area contributed by atoms with Crippen molar-refractivity contribution in [2.24, 2.45) is 0 Å². The van der Waals surface area contributed by atoms with Crippen LogP contribution in [0.5, 0.6) is 0 Å². The fourth-order valence-electron chi connectivity index (χ4n) is 2.50. The van der Waals surface area contributed by atoms with E-state index in [1.807, 2.05) is 30.6 Å². The fourth-order valence-corrected chi connectivity index (χ4v) is 2.70. The van der Waals surface area contributed by atoms with Gasteiger partial charge in [-0.05, 0) is 41.6 Å². The Morgan fingerprint density at radius 1 is 1.14 bits per heavy atom. The lowest BCUT2D eigenvalue weighted by molar-refractivity contribution is 0.576. The van der Waals surface area contributed by atoms with E-state index in [0.717, 1.165) is 11.6 Å². The highest BCUT2D eigenvalue weighted by Crippen LogP contribution is 2.20. The summed E-state index contributed by atoms with van der Waals surface area (Å²) in [7, 11) is 0. The van der Waals surface area contributed by atoms with E-state index in [2.05, 4.69) is 47.6 Å². The van der Waals surface area contributed by atoms with E-state index < -0.39 is 0 Å². The van der Waals surface area contributed by atoms with Crippen molar-refractivity contribution in [2.45, 2.75) is 19.5 Å². The molecule has 3 rings (SSSR count). The summed E-state index contributed by atoms with van der Waals surface area (Å²) in [6.45, 7) is 2.97. The number of aromatic nitrogens is 1.